The molecule has 1 saturated carbocycles. The molecule has 26 heavy (non-hydrogen) atoms. The molecule has 1 amide bonds. The van der Waals surface area contributed by atoms with Crippen LogP contribution in [0.5, 0.6) is 0 Å². The average molecular weight is 351 g/mol. The standard InChI is InChI=1S/C21H21NO4/c1-2-19(24)22-17-10-8-15(9-11-17)18(23)14-26-20(25)21(12-13-21)16-6-4-3-5-7-16/h3-11H,2,12-14H2,1H3,(H,22,24). The van der Waals surface area contributed by atoms with E-state index in [4.69, 9.17) is 4.74 Å². The number of ketones is 1. The Morgan fingerprint density at radius 3 is 2.23 bits per heavy atom. The molecule has 0 saturated heterocycles. The number of carbonyl (C=O) groups is 3. The van der Waals surface area contributed by atoms with Crippen LogP contribution in [0.1, 0.15) is 42.1 Å². The number of rotatable bonds is 7. The number of hydrogen-bond donors (Lipinski definition) is 1. The second kappa shape index (κ2) is 7.52. The molecule has 0 bridgehead atoms. The summed E-state index contributed by atoms with van der Waals surface area (Å²) in [5.41, 5.74) is 1.42. The molecule has 0 heterocycles. The third-order valence-corrected chi connectivity index (χ3v) is 4.61. The van der Waals surface area contributed by atoms with E-state index in [0.717, 1.165) is 18.4 Å². The lowest BCUT2D eigenvalue weighted by Crippen LogP contribution is -2.25. The molecule has 0 aromatic heterocycles. The van der Waals surface area contributed by atoms with Gasteiger partial charge in [0.1, 0.15) is 0 Å². The lowest BCUT2D eigenvalue weighted by molar-refractivity contribution is -0.145. The van der Waals surface area contributed by atoms with Crippen LogP contribution in [0.2, 0.25) is 0 Å². The van der Waals surface area contributed by atoms with Gasteiger partial charge in [-0.1, -0.05) is 37.3 Å². The zero-order chi connectivity index (χ0) is 18.6. The fourth-order valence-corrected chi connectivity index (χ4v) is 2.83. The van der Waals surface area contributed by atoms with Gasteiger partial charge in [0.15, 0.2) is 12.4 Å². The zero-order valence-corrected chi connectivity index (χ0v) is 14.7. The number of carbonyl (C=O) groups excluding carboxylic acids is 3. The Labute approximate surface area is 152 Å². The van der Waals surface area contributed by atoms with Gasteiger partial charge in [-0.25, -0.2) is 0 Å². The van der Waals surface area contributed by atoms with Crippen LogP contribution in [-0.4, -0.2) is 24.3 Å². The number of Topliss-reactive ketones (excluding diaryl/α,β-unsaturated/α-hetero) is 1. The smallest absolute Gasteiger partial charge is 0.317 e. The van der Waals surface area contributed by atoms with Crippen LogP contribution in [0, 0.1) is 0 Å². The lowest BCUT2D eigenvalue weighted by Gasteiger charge is -2.14. The largest absolute Gasteiger partial charge is 0.457 e. The van der Waals surface area contributed by atoms with E-state index in [1.165, 1.54) is 0 Å². The summed E-state index contributed by atoms with van der Waals surface area (Å²) in [5.74, 6) is -0.701. The van der Waals surface area contributed by atoms with Crippen LogP contribution in [0.3, 0.4) is 0 Å². The van der Waals surface area contributed by atoms with Crippen molar-refractivity contribution in [1.29, 1.82) is 0 Å². The molecular weight excluding hydrogens is 330 g/mol. The van der Waals surface area contributed by atoms with Crippen molar-refractivity contribution in [3.63, 3.8) is 0 Å². The van der Waals surface area contributed by atoms with E-state index in [-0.39, 0.29) is 24.3 Å². The van der Waals surface area contributed by atoms with Crippen molar-refractivity contribution >= 4 is 23.3 Å². The Morgan fingerprint density at radius 1 is 1.00 bits per heavy atom. The number of ether oxygens (including phenoxy) is 1. The summed E-state index contributed by atoms with van der Waals surface area (Å²) in [7, 11) is 0. The molecule has 2 aromatic carbocycles. The average Bonchev–Trinajstić information content (AvgIpc) is 3.49. The molecule has 1 fully saturated rings. The Balaban J connectivity index is 1.57. The van der Waals surface area contributed by atoms with E-state index >= 15 is 0 Å². The number of benzene rings is 2. The second-order valence-corrected chi connectivity index (χ2v) is 6.43. The van der Waals surface area contributed by atoms with Crippen LogP contribution in [0.4, 0.5) is 5.69 Å². The molecule has 0 aliphatic heterocycles. The van der Waals surface area contributed by atoms with Crippen LogP contribution in [0.25, 0.3) is 0 Å². The predicted molar refractivity (Wildman–Crippen MR) is 98.0 cm³/mol. The third kappa shape index (κ3) is 3.82. The van der Waals surface area contributed by atoms with Crippen LogP contribution in [0.15, 0.2) is 54.6 Å². The maximum absolute atomic E-state index is 12.5. The highest BCUT2D eigenvalue weighted by Crippen LogP contribution is 2.49. The molecule has 134 valence electrons. The van der Waals surface area contributed by atoms with Crippen molar-refractivity contribution in [3.8, 4) is 0 Å². The minimum atomic E-state index is -0.587. The summed E-state index contributed by atoms with van der Waals surface area (Å²) in [4.78, 5) is 36.1. The molecule has 1 aliphatic rings. The first-order chi connectivity index (χ1) is 12.5. The minimum absolute atomic E-state index is 0.0892. The SMILES string of the molecule is CCC(=O)Nc1ccc(C(=O)COC(=O)C2(c3ccccc3)CC2)cc1. The topological polar surface area (TPSA) is 72.5 Å². The molecule has 3 rings (SSSR count). The summed E-state index contributed by atoms with van der Waals surface area (Å²) in [6, 6.07) is 16.1. The van der Waals surface area contributed by atoms with Gasteiger partial charge >= 0.3 is 5.97 Å². The van der Waals surface area contributed by atoms with Crippen LogP contribution < -0.4 is 5.32 Å². The molecule has 5 heteroatoms. The molecular formula is C21H21NO4. The highest BCUT2D eigenvalue weighted by Gasteiger charge is 2.52. The fraction of sp³-hybridized carbons (Fsp3) is 0.286. The fourth-order valence-electron chi connectivity index (χ4n) is 2.83. The van der Waals surface area contributed by atoms with Crippen molar-refractivity contribution in [2.45, 2.75) is 31.6 Å². The number of hydrogen-bond acceptors (Lipinski definition) is 4. The van der Waals surface area contributed by atoms with Crippen molar-refractivity contribution < 1.29 is 19.1 Å². The third-order valence-electron chi connectivity index (χ3n) is 4.61. The second-order valence-electron chi connectivity index (χ2n) is 6.43. The van der Waals surface area contributed by atoms with E-state index in [1.807, 2.05) is 30.3 Å². The predicted octanol–water partition coefficient (Wildman–Crippen LogP) is 3.49. The zero-order valence-electron chi connectivity index (χ0n) is 14.7. The number of nitrogens with one attached hydrogen (secondary N) is 1. The molecule has 0 atom stereocenters. The molecule has 0 spiro atoms. The van der Waals surface area contributed by atoms with Gasteiger partial charge < -0.3 is 10.1 Å². The monoisotopic (exact) mass is 351 g/mol. The van der Waals surface area contributed by atoms with E-state index in [2.05, 4.69) is 5.32 Å². The van der Waals surface area contributed by atoms with Gasteiger partial charge in [-0.3, -0.25) is 14.4 Å². The van der Waals surface area contributed by atoms with E-state index in [1.54, 1.807) is 31.2 Å². The Bertz CT molecular complexity index is 808. The first kappa shape index (κ1) is 17.9. The first-order valence-electron chi connectivity index (χ1n) is 8.71. The summed E-state index contributed by atoms with van der Waals surface area (Å²) in [6.45, 7) is 1.48. The maximum atomic E-state index is 12.5. The molecule has 1 aliphatic carbocycles. The van der Waals surface area contributed by atoms with Gasteiger partial charge in [0.25, 0.3) is 0 Å². The van der Waals surface area contributed by atoms with Gasteiger partial charge in [0.2, 0.25) is 5.91 Å². The normalized spacial score (nSPS) is 14.3. The molecule has 0 unspecified atom stereocenters. The van der Waals surface area contributed by atoms with Crippen LogP contribution >= 0.6 is 0 Å². The molecule has 2 aromatic rings. The van der Waals surface area contributed by atoms with Gasteiger partial charge in [0, 0.05) is 17.7 Å². The minimum Gasteiger partial charge on any atom is -0.457 e. The van der Waals surface area contributed by atoms with Crippen molar-refractivity contribution in [2.75, 3.05) is 11.9 Å². The van der Waals surface area contributed by atoms with Gasteiger partial charge in [-0.2, -0.15) is 0 Å². The first-order valence-corrected chi connectivity index (χ1v) is 8.71. The summed E-state index contributed by atoms with van der Waals surface area (Å²) in [5, 5.41) is 2.72. The van der Waals surface area contributed by atoms with Crippen molar-refractivity contribution in [2.24, 2.45) is 0 Å². The van der Waals surface area contributed by atoms with E-state index in [0.29, 0.717) is 17.7 Å². The van der Waals surface area contributed by atoms with Crippen LogP contribution in [-0.2, 0) is 19.7 Å². The van der Waals surface area contributed by atoms with Gasteiger partial charge in [0.05, 0.1) is 5.41 Å². The summed E-state index contributed by atoms with van der Waals surface area (Å²) in [6.07, 6.45) is 1.88. The summed E-state index contributed by atoms with van der Waals surface area (Å²) >= 11 is 0. The molecule has 1 N–H and O–H groups in total. The summed E-state index contributed by atoms with van der Waals surface area (Å²) < 4.78 is 5.29. The van der Waals surface area contributed by atoms with E-state index < -0.39 is 5.41 Å². The number of esters is 1. The lowest BCUT2D eigenvalue weighted by atomic mass is 9.96. The highest BCUT2D eigenvalue weighted by atomic mass is 16.5. The Hall–Kier alpha value is -2.95. The van der Waals surface area contributed by atoms with Crippen molar-refractivity contribution in [1.82, 2.24) is 0 Å². The Morgan fingerprint density at radius 2 is 1.65 bits per heavy atom. The maximum Gasteiger partial charge on any atom is 0.317 e. The van der Waals surface area contributed by atoms with Gasteiger partial charge in [-0.05, 0) is 42.7 Å². The van der Waals surface area contributed by atoms with E-state index in [9.17, 15) is 14.4 Å². The number of amides is 1. The quantitative estimate of drug-likeness (QED) is 0.612. The number of anilines is 1. The van der Waals surface area contributed by atoms with Gasteiger partial charge in [-0.15, -0.1) is 0 Å². The van der Waals surface area contributed by atoms with Crippen molar-refractivity contribution in [3.05, 3.63) is 65.7 Å². The molecule has 5 nitrogen and oxygen atoms in total. The molecule has 0 radical (unpaired) electrons. The highest BCUT2D eigenvalue weighted by molar-refractivity contribution is 5.99. The Kier molecular flexibility index (Phi) is 5.16.